The standard InChI is InChI=1S/C12H12N2O3/c1-8(2)17-12(16)10(7-13)5-9-3-4-14-11(15)6-9/h3-6,8H,1-2H3,(H,14,15). The Bertz CT molecular complexity index is 535. The van der Waals surface area contributed by atoms with Gasteiger partial charge in [-0.25, -0.2) is 4.79 Å². The van der Waals surface area contributed by atoms with E-state index in [1.54, 1.807) is 26.0 Å². The monoisotopic (exact) mass is 232 g/mol. The van der Waals surface area contributed by atoms with Crippen LogP contribution in [0.1, 0.15) is 19.4 Å². The average molecular weight is 232 g/mol. The third kappa shape index (κ3) is 3.95. The summed E-state index contributed by atoms with van der Waals surface area (Å²) in [4.78, 5) is 24.9. The molecule has 1 aromatic rings. The molecule has 88 valence electrons. The number of aromatic nitrogens is 1. The Labute approximate surface area is 98.3 Å². The Morgan fingerprint density at radius 2 is 2.29 bits per heavy atom. The van der Waals surface area contributed by atoms with Crippen molar-refractivity contribution in [3.8, 4) is 6.07 Å². The van der Waals surface area contributed by atoms with Crippen LogP contribution in [-0.2, 0) is 9.53 Å². The zero-order valence-corrected chi connectivity index (χ0v) is 9.56. The molecule has 0 fully saturated rings. The molecule has 1 heterocycles. The summed E-state index contributed by atoms with van der Waals surface area (Å²) in [5, 5.41) is 8.83. The summed E-state index contributed by atoms with van der Waals surface area (Å²) in [6, 6.07) is 4.63. The first-order valence-corrected chi connectivity index (χ1v) is 5.04. The molecule has 5 nitrogen and oxygen atoms in total. The maximum absolute atomic E-state index is 11.5. The number of hydrogen-bond acceptors (Lipinski definition) is 4. The topological polar surface area (TPSA) is 82.9 Å². The van der Waals surface area contributed by atoms with Crippen LogP contribution in [0.2, 0.25) is 0 Å². The second-order valence-corrected chi connectivity index (χ2v) is 3.61. The molecular formula is C12H12N2O3. The lowest BCUT2D eigenvalue weighted by atomic mass is 10.2. The van der Waals surface area contributed by atoms with Gasteiger partial charge in [0.1, 0.15) is 11.6 Å². The molecule has 17 heavy (non-hydrogen) atoms. The molecule has 0 aliphatic carbocycles. The maximum atomic E-state index is 11.5. The molecular weight excluding hydrogens is 220 g/mol. The molecule has 0 aromatic carbocycles. The van der Waals surface area contributed by atoms with Crippen molar-refractivity contribution in [2.24, 2.45) is 0 Å². The minimum Gasteiger partial charge on any atom is -0.459 e. The van der Waals surface area contributed by atoms with E-state index < -0.39 is 5.97 Å². The number of nitrogens with one attached hydrogen (secondary N) is 1. The molecule has 1 N–H and O–H groups in total. The minimum atomic E-state index is -0.692. The Morgan fingerprint density at radius 3 is 2.82 bits per heavy atom. The second-order valence-electron chi connectivity index (χ2n) is 3.61. The lowest BCUT2D eigenvalue weighted by Gasteiger charge is -2.06. The highest BCUT2D eigenvalue weighted by molar-refractivity contribution is 5.97. The van der Waals surface area contributed by atoms with Gasteiger partial charge >= 0.3 is 5.97 Å². The molecule has 0 unspecified atom stereocenters. The first-order chi connectivity index (χ1) is 8.02. The van der Waals surface area contributed by atoms with Crippen LogP contribution in [0.15, 0.2) is 28.7 Å². The van der Waals surface area contributed by atoms with E-state index in [4.69, 9.17) is 10.00 Å². The highest BCUT2D eigenvalue weighted by Crippen LogP contribution is 2.06. The van der Waals surface area contributed by atoms with Crippen molar-refractivity contribution in [3.05, 3.63) is 39.8 Å². The summed E-state index contributed by atoms with van der Waals surface area (Å²) in [7, 11) is 0. The maximum Gasteiger partial charge on any atom is 0.349 e. The molecule has 0 aliphatic heterocycles. The van der Waals surface area contributed by atoms with E-state index in [0.717, 1.165) is 0 Å². The molecule has 1 rings (SSSR count). The highest BCUT2D eigenvalue weighted by Gasteiger charge is 2.12. The van der Waals surface area contributed by atoms with Gasteiger partial charge in [-0.15, -0.1) is 0 Å². The Hall–Kier alpha value is -2.35. The van der Waals surface area contributed by atoms with E-state index in [0.29, 0.717) is 5.56 Å². The van der Waals surface area contributed by atoms with Gasteiger partial charge in [0, 0.05) is 12.3 Å². The second kappa shape index (κ2) is 5.66. The lowest BCUT2D eigenvalue weighted by Crippen LogP contribution is -2.13. The molecule has 5 heteroatoms. The Morgan fingerprint density at radius 1 is 1.59 bits per heavy atom. The van der Waals surface area contributed by atoms with Gasteiger partial charge in [-0.3, -0.25) is 4.79 Å². The zero-order chi connectivity index (χ0) is 12.8. The van der Waals surface area contributed by atoms with E-state index in [1.807, 2.05) is 0 Å². The first-order valence-electron chi connectivity index (χ1n) is 5.04. The zero-order valence-electron chi connectivity index (χ0n) is 9.56. The summed E-state index contributed by atoms with van der Waals surface area (Å²) in [5.41, 5.74) is 0.0450. The molecule has 0 spiro atoms. The van der Waals surface area contributed by atoms with Crippen molar-refractivity contribution in [2.75, 3.05) is 0 Å². The van der Waals surface area contributed by atoms with Gasteiger partial charge in [0.15, 0.2) is 0 Å². The number of ether oxygens (including phenoxy) is 1. The SMILES string of the molecule is CC(C)OC(=O)C(C#N)=Cc1cc[nH]c(=O)c1. The number of hydrogen-bond donors (Lipinski definition) is 1. The molecule has 0 atom stereocenters. The van der Waals surface area contributed by atoms with Crippen molar-refractivity contribution in [3.63, 3.8) is 0 Å². The van der Waals surface area contributed by atoms with Crippen molar-refractivity contribution in [1.29, 1.82) is 5.26 Å². The fourth-order valence-electron chi connectivity index (χ4n) is 1.13. The van der Waals surface area contributed by atoms with E-state index in [9.17, 15) is 9.59 Å². The molecule has 0 aliphatic rings. The number of rotatable bonds is 3. The number of carbonyl (C=O) groups is 1. The van der Waals surface area contributed by atoms with Gasteiger partial charge in [0.2, 0.25) is 5.56 Å². The summed E-state index contributed by atoms with van der Waals surface area (Å²) >= 11 is 0. The summed E-state index contributed by atoms with van der Waals surface area (Å²) in [6.45, 7) is 3.39. The summed E-state index contributed by atoms with van der Waals surface area (Å²) in [6.07, 6.45) is 2.47. The van der Waals surface area contributed by atoms with Crippen LogP contribution in [0.4, 0.5) is 0 Å². The van der Waals surface area contributed by atoms with E-state index in [2.05, 4.69) is 4.98 Å². The van der Waals surface area contributed by atoms with Crippen LogP contribution in [0.5, 0.6) is 0 Å². The Kier molecular flexibility index (Phi) is 4.23. The van der Waals surface area contributed by atoms with Gasteiger partial charge in [-0.1, -0.05) is 0 Å². The van der Waals surface area contributed by atoms with Crippen LogP contribution in [0.25, 0.3) is 6.08 Å². The number of aromatic amines is 1. The van der Waals surface area contributed by atoms with Crippen LogP contribution < -0.4 is 5.56 Å². The van der Waals surface area contributed by atoms with Crippen molar-refractivity contribution < 1.29 is 9.53 Å². The van der Waals surface area contributed by atoms with Crippen LogP contribution in [-0.4, -0.2) is 17.1 Å². The van der Waals surface area contributed by atoms with Gasteiger partial charge in [0.05, 0.1) is 6.10 Å². The quantitative estimate of drug-likeness (QED) is 0.482. The molecule has 0 saturated heterocycles. The fraction of sp³-hybridized carbons (Fsp3) is 0.250. The normalized spacial score (nSPS) is 11.1. The number of esters is 1. The van der Waals surface area contributed by atoms with Gasteiger partial charge in [0.25, 0.3) is 0 Å². The molecule has 0 amide bonds. The van der Waals surface area contributed by atoms with E-state index >= 15 is 0 Å². The summed E-state index contributed by atoms with van der Waals surface area (Å²) in [5.74, 6) is -0.692. The molecule has 1 aromatic heterocycles. The lowest BCUT2D eigenvalue weighted by molar-refractivity contribution is -0.142. The van der Waals surface area contributed by atoms with Crippen LogP contribution >= 0.6 is 0 Å². The predicted molar refractivity (Wildman–Crippen MR) is 61.9 cm³/mol. The van der Waals surface area contributed by atoms with Gasteiger partial charge < -0.3 is 9.72 Å². The smallest absolute Gasteiger partial charge is 0.349 e. The third-order valence-corrected chi connectivity index (χ3v) is 1.79. The number of carbonyl (C=O) groups excluding carboxylic acids is 1. The predicted octanol–water partition coefficient (Wildman–Crippen LogP) is 1.23. The fourth-order valence-corrected chi connectivity index (χ4v) is 1.13. The van der Waals surface area contributed by atoms with Crippen molar-refractivity contribution >= 4 is 12.0 Å². The van der Waals surface area contributed by atoms with E-state index in [-0.39, 0.29) is 17.2 Å². The van der Waals surface area contributed by atoms with Gasteiger partial charge in [-0.05, 0) is 31.6 Å². The number of H-pyrrole nitrogens is 1. The molecule has 0 bridgehead atoms. The molecule has 0 radical (unpaired) electrons. The van der Waals surface area contributed by atoms with Gasteiger partial charge in [-0.2, -0.15) is 5.26 Å². The first kappa shape index (κ1) is 12.7. The number of nitriles is 1. The van der Waals surface area contributed by atoms with Crippen LogP contribution in [0, 0.1) is 11.3 Å². The largest absolute Gasteiger partial charge is 0.459 e. The third-order valence-electron chi connectivity index (χ3n) is 1.79. The number of pyridine rings is 1. The van der Waals surface area contributed by atoms with Crippen molar-refractivity contribution in [2.45, 2.75) is 20.0 Å². The van der Waals surface area contributed by atoms with Crippen molar-refractivity contribution in [1.82, 2.24) is 4.98 Å². The average Bonchev–Trinajstić information content (AvgIpc) is 2.24. The minimum absolute atomic E-state index is 0.135. The van der Waals surface area contributed by atoms with E-state index in [1.165, 1.54) is 18.3 Å². The molecule has 0 saturated carbocycles. The van der Waals surface area contributed by atoms with Crippen LogP contribution in [0.3, 0.4) is 0 Å². The highest BCUT2D eigenvalue weighted by atomic mass is 16.5. The summed E-state index contributed by atoms with van der Waals surface area (Å²) < 4.78 is 4.89. The number of nitrogens with zero attached hydrogens (tertiary/aromatic N) is 1. The Balaban J connectivity index is 2.99.